The molecule has 0 fully saturated rings. The Morgan fingerprint density at radius 1 is 1.35 bits per heavy atom. The molecule has 0 radical (unpaired) electrons. The molecule has 0 bridgehead atoms. The lowest BCUT2D eigenvalue weighted by molar-refractivity contribution is -0.121. The van der Waals surface area contributed by atoms with Gasteiger partial charge in [-0.05, 0) is 30.5 Å². The summed E-state index contributed by atoms with van der Waals surface area (Å²) in [6.07, 6.45) is -2.87. The van der Waals surface area contributed by atoms with Crippen molar-refractivity contribution >= 4 is 5.91 Å². The molecule has 0 saturated carbocycles. The van der Waals surface area contributed by atoms with Crippen molar-refractivity contribution in [1.29, 1.82) is 0 Å². The van der Waals surface area contributed by atoms with Gasteiger partial charge in [0.25, 0.3) is 0 Å². The molecule has 1 rings (SSSR count). The second-order valence-corrected chi connectivity index (χ2v) is 4.15. The summed E-state index contributed by atoms with van der Waals surface area (Å²) in [4.78, 5) is 10.6. The molecule has 17 heavy (non-hydrogen) atoms. The van der Waals surface area contributed by atoms with Gasteiger partial charge in [0.1, 0.15) is 11.9 Å². The van der Waals surface area contributed by atoms with Gasteiger partial charge in [0.05, 0.1) is 12.5 Å². The van der Waals surface area contributed by atoms with Crippen LogP contribution in [-0.2, 0) is 4.79 Å². The third kappa shape index (κ3) is 3.25. The molecule has 0 saturated heterocycles. The Balaban J connectivity index is 2.96. The van der Waals surface area contributed by atoms with E-state index in [4.69, 9.17) is 5.73 Å². The first-order valence-electron chi connectivity index (χ1n) is 5.24. The van der Waals surface area contributed by atoms with E-state index in [-0.39, 0.29) is 12.2 Å². The summed E-state index contributed by atoms with van der Waals surface area (Å²) in [5.74, 6) is -1.04. The van der Waals surface area contributed by atoms with E-state index in [9.17, 15) is 19.4 Å². The number of benzene rings is 1. The standard InChI is InChI=1S/C12H16FNO3/c1-6-3-8(4-7(2)11(6)13)12(17)9(15)5-10(14)16/h3-4,9,12,15,17H,5H2,1-2H3,(H2,14,16). The largest absolute Gasteiger partial charge is 0.390 e. The zero-order valence-electron chi connectivity index (χ0n) is 9.77. The van der Waals surface area contributed by atoms with Crippen LogP contribution in [0.1, 0.15) is 29.2 Å². The van der Waals surface area contributed by atoms with Gasteiger partial charge in [-0.2, -0.15) is 0 Å². The molecule has 5 heteroatoms. The number of aliphatic hydroxyl groups is 2. The minimum absolute atomic E-state index is 0.337. The predicted octanol–water partition coefficient (Wildman–Crippen LogP) is 0.712. The van der Waals surface area contributed by atoms with Crippen LogP contribution in [0.15, 0.2) is 12.1 Å². The highest BCUT2D eigenvalue weighted by atomic mass is 19.1. The van der Waals surface area contributed by atoms with E-state index in [0.29, 0.717) is 16.7 Å². The van der Waals surface area contributed by atoms with Gasteiger partial charge in [-0.15, -0.1) is 0 Å². The lowest BCUT2D eigenvalue weighted by Crippen LogP contribution is -2.25. The van der Waals surface area contributed by atoms with Gasteiger partial charge in [-0.3, -0.25) is 4.79 Å². The number of primary amides is 1. The highest BCUT2D eigenvalue weighted by Crippen LogP contribution is 2.23. The second kappa shape index (κ2) is 5.25. The maximum Gasteiger partial charge on any atom is 0.220 e. The first-order valence-corrected chi connectivity index (χ1v) is 5.24. The number of carbonyl (C=O) groups excluding carboxylic acids is 1. The summed E-state index contributed by atoms with van der Waals surface area (Å²) in [7, 11) is 0. The normalized spacial score (nSPS) is 14.4. The van der Waals surface area contributed by atoms with Gasteiger partial charge in [0, 0.05) is 0 Å². The van der Waals surface area contributed by atoms with E-state index >= 15 is 0 Å². The number of aryl methyl sites for hydroxylation is 2. The molecular weight excluding hydrogens is 225 g/mol. The van der Waals surface area contributed by atoms with E-state index in [0.717, 1.165) is 0 Å². The average molecular weight is 241 g/mol. The second-order valence-electron chi connectivity index (χ2n) is 4.15. The van der Waals surface area contributed by atoms with Crippen LogP contribution in [0.5, 0.6) is 0 Å². The molecule has 1 aromatic carbocycles. The fraction of sp³-hybridized carbons (Fsp3) is 0.417. The van der Waals surface area contributed by atoms with E-state index < -0.39 is 18.1 Å². The lowest BCUT2D eigenvalue weighted by Gasteiger charge is -2.18. The van der Waals surface area contributed by atoms with Gasteiger partial charge < -0.3 is 15.9 Å². The summed E-state index contributed by atoms with van der Waals surface area (Å²) in [5.41, 5.74) is 6.05. The van der Waals surface area contributed by atoms with Gasteiger partial charge in [0.2, 0.25) is 5.91 Å². The summed E-state index contributed by atoms with van der Waals surface area (Å²) in [5, 5.41) is 19.3. The van der Waals surface area contributed by atoms with Gasteiger partial charge in [-0.25, -0.2) is 4.39 Å². The molecule has 1 amide bonds. The maximum absolute atomic E-state index is 13.4. The maximum atomic E-state index is 13.4. The number of rotatable bonds is 4. The van der Waals surface area contributed by atoms with E-state index in [1.54, 1.807) is 13.8 Å². The number of carbonyl (C=O) groups is 1. The molecule has 0 spiro atoms. The quantitative estimate of drug-likeness (QED) is 0.726. The van der Waals surface area contributed by atoms with Crippen molar-refractivity contribution in [2.75, 3.05) is 0 Å². The number of halogens is 1. The van der Waals surface area contributed by atoms with Crippen molar-refractivity contribution in [3.63, 3.8) is 0 Å². The fourth-order valence-corrected chi connectivity index (χ4v) is 1.69. The van der Waals surface area contributed by atoms with Crippen LogP contribution in [0.2, 0.25) is 0 Å². The van der Waals surface area contributed by atoms with Crippen molar-refractivity contribution in [3.05, 3.63) is 34.6 Å². The van der Waals surface area contributed by atoms with Gasteiger partial charge in [-0.1, -0.05) is 12.1 Å². The zero-order chi connectivity index (χ0) is 13.2. The fourth-order valence-electron chi connectivity index (χ4n) is 1.69. The monoisotopic (exact) mass is 241 g/mol. The number of aliphatic hydroxyl groups excluding tert-OH is 2. The van der Waals surface area contributed by atoms with Crippen molar-refractivity contribution in [3.8, 4) is 0 Å². The molecule has 0 aliphatic heterocycles. The highest BCUT2D eigenvalue weighted by molar-refractivity contribution is 5.74. The van der Waals surface area contributed by atoms with Crippen LogP contribution in [0, 0.1) is 19.7 Å². The molecule has 0 aliphatic carbocycles. The van der Waals surface area contributed by atoms with Crippen LogP contribution >= 0.6 is 0 Å². The SMILES string of the molecule is Cc1cc(C(O)C(O)CC(N)=O)cc(C)c1F. The minimum Gasteiger partial charge on any atom is -0.390 e. The van der Waals surface area contributed by atoms with Gasteiger partial charge in [0.15, 0.2) is 0 Å². The third-order valence-corrected chi connectivity index (χ3v) is 2.58. The summed E-state index contributed by atoms with van der Waals surface area (Å²) >= 11 is 0. The molecule has 4 nitrogen and oxygen atoms in total. The summed E-state index contributed by atoms with van der Waals surface area (Å²) in [6.45, 7) is 3.14. The van der Waals surface area contributed by atoms with Crippen molar-refractivity contribution in [2.24, 2.45) is 5.73 Å². The Labute approximate surface area is 98.9 Å². The molecule has 0 heterocycles. The van der Waals surface area contributed by atoms with E-state index in [1.807, 2.05) is 0 Å². The molecule has 0 aliphatic rings. The van der Waals surface area contributed by atoms with E-state index in [2.05, 4.69) is 0 Å². The molecular formula is C12H16FNO3. The Morgan fingerprint density at radius 3 is 2.24 bits per heavy atom. The Bertz CT molecular complexity index is 411. The van der Waals surface area contributed by atoms with Crippen LogP contribution in [-0.4, -0.2) is 22.2 Å². The summed E-state index contributed by atoms with van der Waals surface area (Å²) < 4.78 is 13.4. The number of hydrogen-bond acceptors (Lipinski definition) is 3. The topological polar surface area (TPSA) is 83.6 Å². The zero-order valence-corrected chi connectivity index (χ0v) is 9.77. The third-order valence-electron chi connectivity index (χ3n) is 2.58. The van der Waals surface area contributed by atoms with Crippen LogP contribution in [0.4, 0.5) is 4.39 Å². The Hall–Kier alpha value is -1.46. The van der Waals surface area contributed by atoms with Gasteiger partial charge >= 0.3 is 0 Å². The highest BCUT2D eigenvalue weighted by Gasteiger charge is 2.21. The minimum atomic E-state index is -1.28. The molecule has 2 unspecified atom stereocenters. The first-order chi connectivity index (χ1) is 7.82. The summed E-state index contributed by atoms with van der Waals surface area (Å²) in [6, 6.07) is 2.88. The lowest BCUT2D eigenvalue weighted by atomic mass is 9.98. The number of hydrogen-bond donors (Lipinski definition) is 3. The predicted molar refractivity (Wildman–Crippen MR) is 60.7 cm³/mol. The number of nitrogens with two attached hydrogens (primary N) is 1. The smallest absolute Gasteiger partial charge is 0.220 e. The van der Waals surface area contributed by atoms with Crippen LogP contribution in [0.3, 0.4) is 0 Å². The average Bonchev–Trinajstić information content (AvgIpc) is 2.23. The molecule has 1 aromatic rings. The van der Waals surface area contributed by atoms with Crippen LogP contribution < -0.4 is 5.73 Å². The molecule has 4 N–H and O–H groups in total. The molecule has 2 atom stereocenters. The van der Waals surface area contributed by atoms with Crippen molar-refractivity contribution in [1.82, 2.24) is 0 Å². The Kier molecular flexibility index (Phi) is 4.20. The Morgan fingerprint density at radius 2 is 1.82 bits per heavy atom. The first kappa shape index (κ1) is 13.6. The van der Waals surface area contributed by atoms with Crippen molar-refractivity contribution < 1.29 is 19.4 Å². The molecule has 0 aromatic heterocycles. The number of amides is 1. The van der Waals surface area contributed by atoms with Crippen molar-refractivity contribution in [2.45, 2.75) is 32.5 Å². The van der Waals surface area contributed by atoms with Crippen LogP contribution in [0.25, 0.3) is 0 Å². The molecule has 94 valence electrons. The van der Waals surface area contributed by atoms with E-state index in [1.165, 1.54) is 12.1 Å².